The number of hydrogen-bond donors (Lipinski definition) is 1. The van der Waals surface area contributed by atoms with Gasteiger partial charge >= 0.3 is 0 Å². The van der Waals surface area contributed by atoms with Crippen LogP contribution in [0.1, 0.15) is 17.2 Å². The van der Waals surface area contributed by atoms with Gasteiger partial charge in [0.15, 0.2) is 0 Å². The maximum Gasteiger partial charge on any atom is 0.0832 e. The number of halogens is 2. The summed E-state index contributed by atoms with van der Waals surface area (Å²) in [6, 6.07) is 5.79. The molecular weight excluding hydrogens is 348 g/mol. The lowest BCUT2D eigenvalue weighted by atomic mass is 10.0. The number of nitrogens with zero attached hydrogens (tertiary/aromatic N) is 2. The Morgan fingerprint density at radius 1 is 1.29 bits per heavy atom. The van der Waals surface area contributed by atoms with Crippen molar-refractivity contribution >= 4 is 31.9 Å². The maximum absolute atomic E-state index is 10.2. The molecular formula is C12H12Br2N2O. The molecule has 0 saturated carbocycles. The first-order valence-corrected chi connectivity index (χ1v) is 6.75. The lowest BCUT2D eigenvalue weighted by molar-refractivity contribution is 0.178. The average molecular weight is 360 g/mol. The van der Waals surface area contributed by atoms with Crippen LogP contribution in [0, 0.1) is 0 Å². The molecule has 0 saturated heterocycles. The van der Waals surface area contributed by atoms with E-state index in [1.54, 1.807) is 10.9 Å². The summed E-state index contributed by atoms with van der Waals surface area (Å²) in [5.74, 6) is 0. The van der Waals surface area contributed by atoms with Crippen LogP contribution in [-0.4, -0.2) is 14.9 Å². The van der Waals surface area contributed by atoms with Crippen molar-refractivity contribution in [3.8, 4) is 0 Å². The van der Waals surface area contributed by atoms with Crippen molar-refractivity contribution in [1.82, 2.24) is 9.78 Å². The van der Waals surface area contributed by atoms with Gasteiger partial charge in [0.05, 0.1) is 12.3 Å². The molecule has 5 heteroatoms. The molecule has 0 aliphatic rings. The lowest BCUT2D eigenvalue weighted by Crippen LogP contribution is -2.01. The summed E-state index contributed by atoms with van der Waals surface area (Å²) >= 11 is 6.83. The van der Waals surface area contributed by atoms with Crippen molar-refractivity contribution in [3.63, 3.8) is 0 Å². The van der Waals surface area contributed by atoms with Crippen molar-refractivity contribution in [2.75, 3.05) is 0 Å². The molecule has 1 aromatic heterocycles. The van der Waals surface area contributed by atoms with Gasteiger partial charge in [-0.1, -0.05) is 31.9 Å². The summed E-state index contributed by atoms with van der Waals surface area (Å²) in [5, 5.41) is 14.2. The summed E-state index contributed by atoms with van der Waals surface area (Å²) in [7, 11) is 1.87. The fourth-order valence-electron chi connectivity index (χ4n) is 1.69. The quantitative estimate of drug-likeness (QED) is 0.913. The predicted octanol–water partition coefficient (Wildman–Crippen LogP) is 3.22. The second kappa shape index (κ2) is 5.33. The van der Waals surface area contributed by atoms with Gasteiger partial charge in [0.2, 0.25) is 0 Å². The molecule has 2 rings (SSSR count). The van der Waals surface area contributed by atoms with Crippen LogP contribution in [0.15, 0.2) is 39.5 Å². The highest BCUT2D eigenvalue weighted by molar-refractivity contribution is 9.11. The monoisotopic (exact) mass is 358 g/mol. The number of aliphatic hydroxyl groups excluding tert-OH is 1. The van der Waals surface area contributed by atoms with Crippen LogP contribution in [0.5, 0.6) is 0 Å². The number of aromatic nitrogens is 2. The molecule has 1 heterocycles. The van der Waals surface area contributed by atoms with Crippen LogP contribution in [0.2, 0.25) is 0 Å². The molecule has 1 atom stereocenters. The van der Waals surface area contributed by atoms with Crippen molar-refractivity contribution in [1.29, 1.82) is 0 Å². The Labute approximate surface area is 117 Å². The second-order valence-corrected chi connectivity index (χ2v) is 5.78. The van der Waals surface area contributed by atoms with Gasteiger partial charge in [-0.25, -0.2) is 0 Å². The highest BCUT2D eigenvalue weighted by atomic mass is 79.9. The van der Waals surface area contributed by atoms with Crippen molar-refractivity contribution < 1.29 is 5.11 Å². The van der Waals surface area contributed by atoms with E-state index in [4.69, 9.17) is 0 Å². The lowest BCUT2D eigenvalue weighted by Gasteiger charge is -2.10. The van der Waals surface area contributed by atoms with E-state index in [1.807, 2.05) is 31.4 Å². The molecule has 0 aliphatic carbocycles. The van der Waals surface area contributed by atoms with Crippen LogP contribution >= 0.6 is 31.9 Å². The zero-order valence-electron chi connectivity index (χ0n) is 9.27. The van der Waals surface area contributed by atoms with E-state index in [1.165, 1.54) is 0 Å². The summed E-state index contributed by atoms with van der Waals surface area (Å²) in [6.07, 6.45) is 3.73. The minimum absolute atomic E-state index is 0.520. The van der Waals surface area contributed by atoms with Gasteiger partial charge < -0.3 is 5.11 Å². The number of benzene rings is 1. The highest BCUT2D eigenvalue weighted by Gasteiger charge is 2.11. The molecule has 1 aromatic carbocycles. The molecule has 0 aliphatic heterocycles. The molecule has 1 N–H and O–H groups in total. The third-order valence-corrected chi connectivity index (χ3v) is 3.37. The molecule has 0 fully saturated rings. The zero-order valence-corrected chi connectivity index (χ0v) is 12.4. The summed E-state index contributed by atoms with van der Waals surface area (Å²) < 4.78 is 3.64. The van der Waals surface area contributed by atoms with Gasteiger partial charge in [-0.3, -0.25) is 4.68 Å². The topological polar surface area (TPSA) is 38.0 Å². The van der Waals surface area contributed by atoms with Crippen LogP contribution in [0.25, 0.3) is 0 Å². The van der Waals surface area contributed by atoms with E-state index in [9.17, 15) is 5.11 Å². The Balaban J connectivity index is 2.16. The predicted molar refractivity (Wildman–Crippen MR) is 73.7 cm³/mol. The number of rotatable bonds is 3. The molecule has 3 nitrogen and oxygen atoms in total. The molecule has 0 amide bonds. The van der Waals surface area contributed by atoms with Crippen LogP contribution in [0.3, 0.4) is 0 Å². The van der Waals surface area contributed by atoms with Crippen LogP contribution < -0.4 is 0 Å². The Hall–Kier alpha value is -0.650. The third kappa shape index (κ3) is 3.40. The Morgan fingerprint density at radius 3 is 2.47 bits per heavy atom. The first kappa shape index (κ1) is 12.8. The van der Waals surface area contributed by atoms with Gasteiger partial charge in [-0.05, 0) is 29.3 Å². The Bertz CT molecular complexity index is 505. The van der Waals surface area contributed by atoms with Crippen LogP contribution in [-0.2, 0) is 13.5 Å². The average Bonchev–Trinajstić information content (AvgIpc) is 2.62. The summed E-state index contributed by atoms with van der Waals surface area (Å²) in [5.41, 5.74) is 1.91. The highest BCUT2D eigenvalue weighted by Crippen LogP contribution is 2.26. The molecule has 0 spiro atoms. The van der Waals surface area contributed by atoms with Crippen LogP contribution in [0.4, 0.5) is 0 Å². The fourth-order valence-corrected chi connectivity index (χ4v) is 3.02. The Morgan fingerprint density at radius 2 is 1.94 bits per heavy atom. The summed E-state index contributed by atoms with van der Waals surface area (Å²) in [4.78, 5) is 0. The fraction of sp³-hybridized carbons (Fsp3) is 0.250. The maximum atomic E-state index is 10.2. The molecule has 0 radical (unpaired) electrons. The number of hydrogen-bond acceptors (Lipinski definition) is 2. The largest absolute Gasteiger partial charge is 0.388 e. The normalized spacial score (nSPS) is 12.7. The molecule has 1 unspecified atom stereocenters. The van der Waals surface area contributed by atoms with Crippen molar-refractivity contribution in [3.05, 3.63) is 50.7 Å². The van der Waals surface area contributed by atoms with E-state index in [2.05, 4.69) is 37.0 Å². The van der Waals surface area contributed by atoms with Gasteiger partial charge in [0, 0.05) is 28.6 Å². The van der Waals surface area contributed by atoms with Crippen molar-refractivity contribution in [2.24, 2.45) is 7.05 Å². The van der Waals surface area contributed by atoms with Gasteiger partial charge in [-0.2, -0.15) is 5.10 Å². The minimum atomic E-state index is -0.520. The Kier molecular flexibility index (Phi) is 4.01. The van der Waals surface area contributed by atoms with E-state index < -0.39 is 6.10 Å². The zero-order chi connectivity index (χ0) is 12.4. The molecule has 17 heavy (non-hydrogen) atoms. The van der Waals surface area contributed by atoms with Crippen molar-refractivity contribution in [2.45, 2.75) is 12.5 Å². The number of aryl methyl sites for hydroxylation is 1. The third-order valence-electron chi connectivity index (χ3n) is 2.46. The molecule has 90 valence electrons. The first-order valence-electron chi connectivity index (χ1n) is 5.16. The van der Waals surface area contributed by atoms with Gasteiger partial charge in [0.1, 0.15) is 0 Å². The number of aliphatic hydroxyl groups is 1. The minimum Gasteiger partial charge on any atom is -0.388 e. The molecule has 0 bridgehead atoms. The second-order valence-electron chi connectivity index (χ2n) is 3.94. The standard InChI is InChI=1S/C12H12Br2N2O/c1-16-7-8(6-15-16)2-12(17)9-3-10(13)5-11(14)4-9/h3-7,12,17H,2H2,1H3. The van der Waals surface area contributed by atoms with Gasteiger partial charge in [-0.15, -0.1) is 0 Å². The smallest absolute Gasteiger partial charge is 0.0832 e. The SMILES string of the molecule is Cn1cc(CC(O)c2cc(Br)cc(Br)c2)cn1. The van der Waals surface area contributed by atoms with E-state index in [0.29, 0.717) is 6.42 Å². The van der Waals surface area contributed by atoms with E-state index in [0.717, 1.165) is 20.1 Å². The van der Waals surface area contributed by atoms with E-state index >= 15 is 0 Å². The van der Waals surface area contributed by atoms with E-state index in [-0.39, 0.29) is 0 Å². The molecule has 2 aromatic rings. The summed E-state index contributed by atoms with van der Waals surface area (Å²) in [6.45, 7) is 0. The first-order chi connectivity index (χ1) is 8.04. The van der Waals surface area contributed by atoms with Gasteiger partial charge in [0.25, 0.3) is 0 Å².